The lowest BCUT2D eigenvalue weighted by Crippen LogP contribution is -2.17. The Morgan fingerprint density at radius 3 is 2.79 bits per heavy atom. The topological polar surface area (TPSA) is 60.9 Å². The molecule has 2 aromatic rings. The van der Waals surface area contributed by atoms with Gasteiger partial charge in [0.1, 0.15) is 5.65 Å². The van der Waals surface area contributed by atoms with Crippen LogP contribution in [0.5, 0.6) is 0 Å². The van der Waals surface area contributed by atoms with Crippen LogP contribution in [-0.4, -0.2) is 15.5 Å². The Bertz CT molecular complexity index is 624. The average molecular weight is 257 g/mol. The van der Waals surface area contributed by atoms with E-state index in [0.29, 0.717) is 11.5 Å². The first-order valence-corrected chi connectivity index (χ1v) is 6.93. The fourth-order valence-electron chi connectivity index (χ4n) is 3.39. The van der Waals surface area contributed by atoms with E-state index in [1.165, 1.54) is 19.3 Å². The highest BCUT2D eigenvalue weighted by atomic mass is 16.1. The van der Waals surface area contributed by atoms with Crippen molar-refractivity contribution in [1.29, 1.82) is 0 Å². The molecular formula is C15H19N3O. The minimum absolute atomic E-state index is 0.334. The second-order valence-electron chi connectivity index (χ2n) is 5.39. The van der Waals surface area contributed by atoms with Gasteiger partial charge in [-0.2, -0.15) is 0 Å². The zero-order valence-electron chi connectivity index (χ0n) is 11.2. The zero-order chi connectivity index (χ0) is 13.4. The number of fused-ring (bicyclic) bond motifs is 1. The van der Waals surface area contributed by atoms with Crippen molar-refractivity contribution in [1.82, 2.24) is 9.55 Å². The monoisotopic (exact) mass is 257 g/mol. The molecule has 100 valence electrons. The lowest BCUT2D eigenvalue weighted by molar-refractivity contribution is 0.1000. The molecular weight excluding hydrogens is 238 g/mol. The largest absolute Gasteiger partial charge is 0.366 e. The fourth-order valence-corrected chi connectivity index (χ4v) is 3.39. The quantitative estimate of drug-likeness (QED) is 0.899. The molecule has 0 saturated heterocycles. The van der Waals surface area contributed by atoms with Gasteiger partial charge in [0.05, 0.1) is 5.56 Å². The summed E-state index contributed by atoms with van der Waals surface area (Å²) in [6, 6.07) is 3.80. The number of pyridine rings is 1. The van der Waals surface area contributed by atoms with Crippen LogP contribution < -0.4 is 5.73 Å². The predicted molar refractivity (Wildman–Crippen MR) is 75.1 cm³/mol. The zero-order valence-corrected chi connectivity index (χ0v) is 11.2. The van der Waals surface area contributed by atoms with Crippen LogP contribution >= 0.6 is 0 Å². The number of rotatable bonds is 2. The van der Waals surface area contributed by atoms with Crippen molar-refractivity contribution in [2.75, 3.05) is 0 Å². The Kier molecular flexibility index (Phi) is 3.01. The summed E-state index contributed by atoms with van der Waals surface area (Å²) < 4.78 is 2.06. The summed E-state index contributed by atoms with van der Waals surface area (Å²) in [5.74, 6) is 0.106. The summed E-state index contributed by atoms with van der Waals surface area (Å²) in [5.41, 5.74) is 8.24. The predicted octanol–water partition coefficient (Wildman–Crippen LogP) is 2.72. The van der Waals surface area contributed by atoms with Crippen LogP contribution in [0.15, 0.2) is 18.3 Å². The van der Waals surface area contributed by atoms with Gasteiger partial charge < -0.3 is 10.3 Å². The van der Waals surface area contributed by atoms with Crippen LogP contribution in [0, 0.1) is 0 Å². The van der Waals surface area contributed by atoms with E-state index in [1.807, 2.05) is 19.2 Å². The van der Waals surface area contributed by atoms with Crippen molar-refractivity contribution < 1.29 is 4.79 Å². The maximum absolute atomic E-state index is 11.9. The molecule has 0 radical (unpaired) electrons. The van der Waals surface area contributed by atoms with Crippen molar-refractivity contribution in [3.8, 4) is 0 Å². The molecule has 1 aliphatic carbocycles. The molecule has 0 aliphatic heterocycles. The van der Waals surface area contributed by atoms with Gasteiger partial charge in [0.15, 0.2) is 0 Å². The third-order valence-corrected chi connectivity index (χ3v) is 4.23. The van der Waals surface area contributed by atoms with Crippen LogP contribution in [0.25, 0.3) is 11.0 Å². The number of primary amides is 1. The van der Waals surface area contributed by atoms with Gasteiger partial charge >= 0.3 is 0 Å². The standard InChI is InChI=1S/C15H19N3O/c1-18-13(10-6-3-2-4-7-10)12(14(16)19)11-8-5-9-17-15(11)18/h5,8-10H,2-4,6-7H2,1H3,(H2,16,19). The van der Waals surface area contributed by atoms with Gasteiger partial charge in [-0.05, 0) is 25.0 Å². The van der Waals surface area contributed by atoms with Gasteiger partial charge in [0, 0.05) is 30.2 Å². The van der Waals surface area contributed by atoms with Crippen LogP contribution in [0.2, 0.25) is 0 Å². The second-order valence-corrected chi connectivity index (χ2v) is 5.39. The molecule has 3 rings (SSSR count). The molecule has 0 atom stereocenters. The first-order valence-electron chi connectivity index (χ1n) is 6.93. The molecule has 1 fully saturated rings. The minimum atomic E-state index is -0.334. The van der Waals surface area contributed by atoms with Gasteiger partial charge in [-0.25, -0.2) is 4.98 Å². The molecule has 2 aromatic heterocycles. The van der Waals surface area contributed by atoms with Crippen LogP contribution in [-0.2, 0) is 7.05 Å². The number of hydrogen-bond donors (Lipinski definition) is 1. The Labute approximate surface area is 112 Å². The third-order valence-electron chi connectivity index (χ3n) is 4.23. The van der Waals surface area contributed by atoms with Crippen LogP contribution in [0.4, 0.5) is 0 Å². The number of nitrogens with two attached hydrogens (primary N) is 1. The number of nitrogens with zero attached hydrogens (tertiary/aromatic N) is 2. The summed E-state index contributed by atoms with van der Waals surface area (Å²) >= 11 is 0. The number of carbonyl (C=O) groups is 1. The second kappa shape index (κ2) is 4.68. The lowest BCUT2D eigenvalue weighted by Gasteiger charge is -2.23. The van der Waals surface area contributed by atoms with Gasteiger partial charge in [0.2, 0.25) is 0 Å². The van der Waals surface area contributed by atoms with E-state index in [1.54, 1.807) is 6.20 Å². The Morgan fingerprint density at radius 2 is 2.11 bits per heavy atom. The van der Waals surface area contributed by atoms with E-state index in [9.17, 15) is 4.79 Å². The summed E-state index contributed by atoms with van der Waals surface area (Å²) in [4.78, 5) is 16.3. The van der Waals surface area contributed by atoms with Crippen molar-refractivity contribution >= 4 is 16.9 Å². The van der Waals surface area contributed by atoms with Crippen molar-refractivity contribution in [3.05, 3.63) is 29.6 Å². The molecule has 1 amide bonds. The fraction of sp³-hybridized carbons (Fsp3) is 0.467. The van der Waals surface area contributed by atoms with Gasteiger partial charge in [-0.3, -0.25) is 4.79 Å². The first-order chi connectivity index (χ1) is 9.20. The van der Waals surface area contributed by atoms with Crippen LogP contribution in [0.1, 0.15) is 54.1 Å². The highest BCUT2D eigenvalue weighted by molar-refractivity contribution is 6.07. The van der Waals surface area contributed by atoms with Crippen LogP contribution in [0.3, 0.4) is 0 Å². The number of carbonyl (C=O) groups excluding carboxylic acids is 1. The summed E-state index contributed by atoms with van der Waals surface area (Å²) in [6.45, 7) is 0. The number of amides is 1. The molecule has 2 N–H and O–H groups in total. The van der Waals surface area contributed by atoms with E-state index in [0.717, 1.165) is 29.6 Å². The van der Waals surface area contributed by atoms with Crippen molar-refractivity contribution in [2.24, 2.45) is 12.8 Å². The Morgan fingerprint density at radius 1 is 1.37 bits per heavy atom. The maximum atomic E-state index is 11.9. The van der Waals surface area contributed by atoms with E-state index in [2.05, 4.69) is 9.55 Å². The maximum Gasteiger partial charge on any atom is 0.251 e. The van der Waals surface area contributed by atoms with Crippen molar-refractivity contribution in [2.45, 2.75) is 38.0 Å². The smallest absolute Gasteiger partial charge is 0.251 e. The van der Waals surface area contributed by atoms with E-state index in [4.69, 9.17) is 5.73 Å². The summed E-state index contributed by atoms with van der Waals surface area (Å²) in [6.07, 6.45) is 7.81. The summed E-state index contributed by atoms with van der Waals surface area (Å²) in [5, 5.41) is 0.887. The number of hydrogen-bond acceptors (Lipinski definition) is 2. The van der Waals surface area contributed by atoms with Gasteiger partial charge in [0.25, 0.3) is 5.91 Å². The molecule has 1 aliphatic rings. The molecule has 0 bridgehead atoms. The molecule has 4 heteroatoms. The number of aryl methyl sites for hydroxylation is 1. The molecule has 0 unspecified atom stereocenters. The van der Waals surface area contributed by atoms with E-state index < -0.39 is 0 Å². The van der Waals surface area contributed by atoms with Gasteiger partial charge in [-0.1, -0.05) is 19.3 Å². The molecule has 19 heavy (non-hydrogen) atoms. The Balaban J connectivity index is 2.24. The normalized spacial score (nSPS) is 16.9. The average Bonchev–Trinajstić information content (AvgIpc) is 2.74. The number of aromatic nitrogens is 2. The molecule has 2 heterocycles. The highest BCUT2D eigenvalue weighted by Gasteiger charge is 2.27. The SMILES string of the molecule is Cn1c(C2CCCCC2)c(C(N)=O)c2cccnc21. The molecule has 1 saturated carbocycles. The van der Waals surface area contributed by atoms with E-state index >= 15 is 0 Å². The van der Waals surface area contributed by atoms with Crippen molar-refractivity contribution in [3.63, 3.8) is 0 Å². The highest BCUT2D eigenvalue weighted by Crippen LogP contribution is 2.37. The minimum Gasteiger partial charge on any atom is -0.366 e. The summed E-state index contributed by atoms with van der Waals surface area (Å²) in [7, 11) is 1.99. The molecule has 0 aromatic carbocycles. The van der Waals surface area contributed by atoms with Gasteiger partial charge in [-0.15, -0.1) is 0 Å². The molecule has 0 spiro atoms. The Hall–Kier alpha value is -1.84. The van der Waals surface area contributed by atoms with E-state index in [-0.39, 0.29) is 5.91 Å². The first kappa shape index (κ1) is 12.2. The third kappa shape index (κ3) is 1.91. The lowest BCUT2D eigenvalue weighted by atomic mass is 9.85. The molecule has 4 nitrogen and oxygen atoms in total.